The van der Waals surface area contributed by atoms with E-state index in [1.165, 1.54) is 0 Å². The number of hydrogen-bond donors (Lipinski definition) is 2. The number of nitrogens with one attached hydrogen (secondary N) is 2. The molecule has 30 heavy (non-hydrogen) atoms. The van der Waals surface area contributed by atoms with Crippen molar-refractivity contribution in [3.05, 3.63) is 60.1 Å². The normalized spacial score (nSPS) is 10.9. The van der Waals surface area contributed by atoms with E-state index in [0.29, 0.717) is 39.3 Å². The lowest BCUT2D eigenvalue weighted by atomic mass is 10.2. The molecule has 0 spiro atoms. The largest absolute Gasteiger partial charge is 0.467 e. The summed E-state index contributed by atoms with van der Waals surface area (Å²) >= 11 is 0. The molecule has 0 fully saturated rings. The van der Waals surface area contributed by atoms with Crippen LogP contribution in [0.2, 0.25) is 0 Å². The second-order valence-electron chi connectivity index (χ2n) is 6.66. The number of nitrogens with zero attached hydrogens (tertiary/aromatic N) is 2. The Morgan fingerprint density at radius 2 is 1.97 bits per heavy atom. The van der Waals surface area contributed by atoms with Crippen molar-refractivity contribution in [2.75, 3.05) is 33.3 Å². The summed E-state index contributed by atoms with van der Waals surface area (Å²) in [5.41, 5.74) is 1.13. The van der Waals surface area contributed by atoms with Gasteiger partial charge in [0, 0.05) is 46.3 Å². The average Bonchev–Trinajstić information content (AvgIpc) is 3.24. The fraction of sp³-hybridized carbons (Fsp3) is 0.455. The molecule has 8 heteroatoms. The van der Waals surface area contributed by atoms with Gasteiger partial charge in [-0.05, 0) is 31.0 Å². The van der Waals surface area contributed by atoms with Gasteiger partial charge in [-0.3, -0.25) is 9.79 Å². The van der Waals surface area contributed by atoms with Crippen LogP contribution in [-0.2, 0) is 22.7 Å². The van der Waals surface area contributed by atoms with Crippen molar-refractivity contribution in [3.63, 3.8) is 0 Å². The number of carbonyl (C=O) groups excluding carboxylic acids is 1. The molecule has 1 aromatic carbocycles. The molecule has 0 bridgehead atoms. The highest BCUT2D eigenvalue weighted by molar-refractivity contribution is 14.0. The van der Waals surface area contributed by atoms with E-state index >= 15 is 0 Å². The highest BCUT2D eigenvalue weighted by Crippen LogP contribution is 2.04. The van der Waals surface area contributed by atoms with Crippen LogP contribution in [0.4, 0.5) is 0 Å². The summed E-state index contributed by atoms with van der Waals surface area (Å²) in [4.78, 5) is 18.6. The van der Waals surface area contributed by atoms with Crippen molar-refractivity contribution < 1.29 is 13.9 Å². The van der Waals surface area contributed by atoms with Gasteiger partial charge in [-0.15, -0.1) is 24.0 Å². The van der Waals surface area contributed by atoms with Gasteiger partial charge >= 0.3 is 0 Å². The van der Waals surface area contributed by atoms with Crippen LogP contribution in [0.3, 0.4) is 0 Å². The van der Waals surface area contributed by atoms with Gasteiger partial charge in [0.1, 0.15) is 12.4 Å². The number of rotatable bonds is 12. The fourth-order valence-corrected chi connectivity index (χ4v) is 2.69. The van der Waals surface area contributed by atoms with Crippen molar-refractivity contribution in [1.82, 2.24) is 15.5 Å². The molecule has 0 saturated carbocycles. The topological polar surface area (TPSA) is 79.1 Å². The fourth-order valence-electron chi connectivity index (χ4n) is 2.69. The minimum Gasteiger partial charge on any atom is -0.467 e. The Labute approximate surface area is 196 Å². The van der Waals surface area contributed by atoms with Crippen LogP contribution in [-0.4, -0.2) is 50.1 Å². The van der Waals surface area contributed by atoms with E-state index < -0.39 is 0 Å². The lowest BCUT2D eigenvalue weighted by Gasteiger charge is -2.18. The van der Waals surface area contributed by atoms with Crippen LogP contribution in [0, 0.1) is 0 Å². The van der Waals surface area contributed by atoms with Gasteiger partial charge in [0.2, 0.25) is 5.91 Å². The minimum absolute atomic E-state index is 0. The Kier molecular flexibility index (Phi) is 13.6. The monoisotopic (exact) mass is 528 g/mol. The Hall–Kier alpha value is -2.07. The van der Waals surface area contributed by atoms with E-state index in [-0.39, 0.29) is 29.9 Å². The zero-order valence-corrected chi connectivity index (χ0v) is 20.1. The van der Waals surface area contributed by atoms with Crippen LogP contribution in [0.25, 0.3) is 0 Å². The van der Waals surface area contributed by atoms with Gasteiger partial charge in [-0.2, -0.15) is 0 Å². The molecule has 1 aromatic heterocycles. The highest BCUT2D eigenvalue weighted by Gasteiger charge is 2.09. The van der Waals surface area contributed by atoms with Crippen LogP contribution < -0.4 is 10.6 Å². The van der Waals surface area contributed by atoms with E-state index in [1.54, 1.807) is 11.2 Å². The van der Waals surface area contributed by atoms with Crippen LogP contribution in [0.1, 0.15) is 31.1 Å². The van der Waals surface area contributed by atoms with Crippen molar-refractivity contribution in [3.8, 4) is 0 Å². The van der Waals surface area contributed by atoms with Crippen molar-refractivity contribution in [2.45, 2.75) is 32.9 Å². The van der Waals surface area contributed by atoms with E-state index in [0.717, 1.165) is 30.2 Å². The van der Waals surface area contributed by atoms with Gasteiger partial charge in [-0.1, -0.05) is 30.3 Å². The second kappa shape index (κ2) is 15.7. The number of ether oxygens (including phenoxy) is 1. The number of halogens is 1. The third kappa shape index (κ3) is 10.6. The molecule has 1 heterocycles. The summed E-state index contributed by atoms with van der Waals surface area (Å²) in [5.74, 6) is 1.64. The Balaban J connectivity index is 0.00000450. The maximum absolute atomic E-state index is 12.3. The summed E-state index contributed by atoms with van der Waals surface area (Å²) in [5, 5.41) is 6.42. The molecule has 0 saturated heterocycles. The number of furan rings is 1. The molecule has 2 rings (SSSR count). The molecule has 0 aliphatic heterocycles. The van der Waals surface area contributed by atoms with Gasteiger partial charge in [0.15, 0.2) is 5.96 Å². The van der Waals surface area contributed by atoms with Crippen LogP contribution in [0.5, 0.6) is 0 Å². The van der Waals surface area contributed by atoms with Crippen molar-refractivity contribution in [1.29, 1.82) is 0 Å². The minimum atomic E-state index is 0. The number of benzene rings is 1. The maximum atomic E-state index is 12.3. The first-order chi connectivity index (χ1) is 14.2. The SMILES string of the molecule is CCNC(=NCCCOCc1ccco1)NCCC(=O)N(C)Cc1ccccc1.I. The molecular weight excluding hydrogens is 495 g/mol. The van der Waals surface area contributed by atoms with Gasteiger partial charge < -0.3 is 24.7 Å². The molecule has 2 N–H and O–H groups in total. The summed E-state index contributed by atoms with van der Waals surface area (Å²) in [6, 6.07) is 13.7. The number of amides is 1. The Morgan fingerprint density at radius 1 is 1.17 bits per heavy atom. The number of guanidine groups is 1. The van der Waals surface area contributed by atoms with Crippen molar-refractivity contribution >= 4 is 35.8 Å². The zero-order chi connectivity index (χ0) is 20.7. The molecule has 0 aliphatic carbocycles. The number of aliphatic imine (C=N–C) groups is 1. The standard InChI is InChI=1S/C22H32N4O3.HI/c1-3-23-22(24-13-8-15-28-18-20-11-7-16-29-20)25-14-12-21(27)26(2)17-19-9-5-4-6-10-19;/h4-7,9-11,16H,3,8,12-15,17-18H2,1-2H3,(H2,23,24,25);1H. The van der Waals surface area contributed by atoms with Gasteiger partial charge in [-0.25, -0.2) is 0 Å². The third-order valence-corrected chi connectivity index (χ3v) is 4.20. The molecule has 0 unspecified atom stereocenters. The molecular formula is C22H33IN4O3. The van der Waals surface area contributed by atoms with E-state index in [4.69, 9.17) is 9.15 Å². The zero-order valence-electron chi connectivity index (χ0n) is 17.8. The Bertz CT molecular complexity index is 723. The van der Waals surface area contributed by atoms with E-state index in [1.807, 2.05) is 56.4 Å². The van der Waals surface area contributed by atoms with E-state index in [2.05, 4.69) is 15.6 Å². The molecule has 0 atom stereocenters. The van der Waals surface area contributed by atoms with Crippen molar-refractivity contribution in [2.24, 2.45) is 4.99 Å². The summed E-state index contributed by atoms with van der Waals surface area (Å²) in [7, 11) is 1.83. The predicted molar refractivity (Wildman–Crippen MR) is 130 cm³/mol. The summed E-state index contributed by atoms with van der Waals surface area (Å²) in [6.07, 6.45) is 2.87. The van der Waals surface area contributed by atoms with Gasteiger partial charge in [0.25, 0.3) is 0 Å². The molecule has 166 valence electrons. The van der Waals surface area contributed by atoms with Gasteiger partial charge in [0.05, 0.1) is 6.26 Å². The first kappa shape index (κ1) is 26.0. The molecule has 2 aromatic rings. The Morgan fingerprint density at radius 3 is 2.67 bits per heavy atom. The quantitative estimate of drug-likeness (QED) is 0.191. The summed E-state index contributed by atoms with van der Waals surface area (Å²) < 4.78 is 10.8. The van der Waals surface area contributed by atoms with Crippen LogP contribution in [0.15, 0.2) is 58.1 Å². The lowest BCUT2D eigenvalue weighted by molar-refractivity contribution is -0.130. The summed E-state index contributed by atoms with van der Waals surface area (Å²) in [6.45, 7) is 5.69. The smallest absolute Gasteiger partial charge is 0.224 e. The highest BCUT2D eigenvalue weighted by atomic mass is 127. The number of hydrogen-bond acceptors (Lipinski definition) is 4. The molecule has 1 amide bonds. The maximum Gasteiger partial charge on any atom is 0.224 e. The van der Waals surface area contributed by atoms with E-state index in [9.17, 15) is 4.79 Å². The third-order valence-electron chi connectivity index (χ3n) is 4.20. The lowest BCUT2D eigenvalue weighted by Crippen LogP contribution is -2.39. The second-order valence-corrected chi connectivity index (χ2v) is 6.66. The predicted octanol–water partition coefficient (Wildman–Crippen LogP) is 3.41. The molecule has 0 aliphatic rings. The first-order valence-corrected chi connectivity index (χ1v) is 10.1. The molecule has 0 radical (unpaired) electrons. The first-order valence-electron chi connectivity index (χ1n) is 10.1. The number of carbonyl (C=O) groups is 1. The molecule has 7 nitrogen and oxygen atoms in total. The van der Waals surface area contributed by atoms with Crippen LogP contribution >= 0.6 is 24.0 Å². The average molecular weight is 528 g/mol.